The van der Waals surface area contributed by atoms with E-state index in [2.05, 4.69) is 6.58 Å². The molecule has 0 heterocycles. The first-order chi connectivity index (χ1) is 5.04. The molecule has 0 bridgehead atoms. The molecule has 0 aromatic carbocycles. The summed E-state index contributed by atoms with van der Waals surface area (Å²) in [5.41, 5.74) is 0.608. The van der Waals surface area contributed by atoms with Crippen LogP contribution >= 0.6 is 24.0 Å². The summed E-state index contributed by atoms with van der Waals surface area (Å²) in [6, 6.07) is 0. The van der Waals surface area contributed by atoms with Crippen LogP contribution < -0.4 is 0 Å². The molecule has 0 unspecified atom stereocenters. The number of carbonyl (C=O) groups excluding carboxylic acids is 1. The number of hydrogen-bond acceptors (Lipinski definition) is 3. The van der Waals surface area contributed by atoms with Crippen molar-refractivity contribution < 1.29 is 4.79 Å². The maximum atomic E-state index is 10.9. The second-order valence-electron chi connectivity index (χ2n) is 2.37. The molecule has 0 amide bonds. The van der Waals surface area contributed by atoms with Gasteiger partial charge in [0.05, 0.1) is 0 Å². The minimum Gasteiger partial charge on any atom is -0.282 e. The fourth-order valence-electron chi connectivity index (χ4n) is 0.411. The molecule has 0 saturated heterocycles. The first kappa shape index (κ1) is 10.8. The lowest BCUT2D eigenvalue weighted by Gasteiger charge is -1.97. The van der Waals surface area contributed by atoms with E-state index >= 15 is 0 Å². The molecule has 0 fully saturated rings. The van der Waals surface area contributed by atoms with E-state index in [0.717, 1.165) is 17.0 Å². The van der Waals surface area contributed by atoms with E-state index in [1.54, 1.807) is 6.92 Å². The van der Waals surface area contributed by atoms with Gasteiger partial charge < -0.3 is 0 Å². The van der Waals surface area contributed by atoms with Gasteiger partial charge in [-0.15, -0.1) is 0 Å². The summed E-state index contributed by atoms with van der Waals surface area (Å²) in [7, 11) is 0. The standard InChI is InChI=1S/C8H12OS2/c1-6(2)8(9)11-5-4-7(3)10/h1,4-5H2,2-3H3. The van der Waals surface area contributed by atoms with Gasteiger partial charge >= 0.3 is 0 Å². The molecule has 62 valence electrons. The predicted octanol–water partition coefficient (Wildman–Crippen LogP) is 2.60. The smallest absolute Gasteiger partial charge is 0.214 e. The highest BCUT2D eigenvalue weighted by molar-refractivity contribution is 8.14. The van der Waals surface area contributed by atoms with Gasteiger partial charge in [-0.25, -0.2) is 0 Å². The lowest BCUT2D eigenvalue weighted by molar-refractivity contribution is -0.107. The quantitative estimate of drug-likeness (QED) is 0.498. The lowest BCUT2D eigenvalue weighted by atomic mass is 10.4. The minimum atomic E-state index is 0.0706. The monoisotopic (exact) mass is 188 g/mol. The SMILES string of the molecule is C=C(C)C(=O)SCCC(C)=S. The second kappa shape index (κ2) is 5.49. The molecule has 0 aromatic rings. The maximum absolute atomic E-state index is 10.9. The molecule has 11 heavy (non-hydrogen) atoms. The fourth-order valence-corrected chi connectivity index (χ4v) is 1.48. The van der Waals surface area contributed by atoms with Crippen molar-refractivity contribution in [3.63, 3.8) is 0 Å². The van der Waals surface area contributed by atoms with Gasteiger partial charge in [-0.05, 0) is 30.7 Å². The van der Waals surface area contributed by atoms with Gasteiger partial charge in [0, 0.05) is 5.75 Å². The number of thiocarbonyl (C=S) groups is 1. The Morgan fingerprint density at radius 1 is 1.55 bits per heavy atom. The Bertz CT molecular complexity index is 185. The van der Waals surface area contributed by atoms with E-state index in [-0.39, 0.29) is 5.12 Å². The molecule has 0 atom stereocenters. The van der Waals surface area contributed by atoms with Crippen molar-refractivity contribution in [3.05, 3.63) is 12.2 Å². The largest absolute Gasteiger partial charge is 0.282 e. The molecule has 3 heteroatoms. The van der Waals surface area contributed by atoms with Crippen LogP contribution in [0.15, 0.2) is 12.2 Å². The molecular weight excluding hydrogens is 176 g/mol. The number of carbonyl (C=O) groups is 1. The van der Waals surface area contributed by atoms with Gasteiger partial charge in [-0.3, -0.25) is 4.79 Å². The lowest BCUT2D eigenvalue weighted by Crippen LogP contribution is -1.96. The van der Waals surface area contributed by atoms with E-state index in [0.29, 0.717) is 5.57 Å². The minimum absolute atomic E-state index is 0.0706. The number of hydrogen-bond donors (Lipinski definition) is 0. The summed E-state index contributed by atoms with van der Waals surface area (Å²) >= 11 is 6.15. The van der Waals surface area contributed by atoms with Crippen LogP contribution in [0.25, 0.3) is 0 Å². The fraction of sp³-hybridized carbons (Fsp3) is 0.500. The second-order valence-corrected chi connectivity index (χ2v) is 4.13. The topological polar surface area (TPSA) is 17.1 Å². The Balaban J connectivity index is 3.47. The molecule has 0 aliphatic carbocycles. The molecule has 0 radical (unpaired) electrons. The van der Waals surface area contributed by atoms with Gasteiger partial charge in [0.25, 0.3) is 0 Å². The zero-order chi connectivity index (χ0) is 8.85. The van der Waals surface area contributed by atoms with Crippen molar-refractivity contribution >= 4 is 34.0 Å². The zero-order valence-electron chi connectivity index (χ0n) is 6.85. The Morgan fingerprint density at radius 3 is 2.45 bits per heavy atom. The summed E-state index contributed by atoms with van der Waals surface area (Å²) in [6.07, 6.45) is 0.832. The van der Waals surface area contributed by atoms with Crippen LogP contribution in [0.2, 0.25) is 0 Å². The van der Waals surface area contributed by atoms with Gasteiger partial charge in [0.2, 0.25) is 5.12 Å². The Morgan fingerprint density at radius 2 is 2.09 bits per heavy atom. The van der Waals surface area contributed by atoms with Crippen LogP contribution in [0, 0.1) is 0 Å². The van der Waals surface area contributed by atoms with Crippen LogP contribution in [-0.4, -0.2) is 15.7 Å². The van der Waals surface area contributed by atoms with Crippen LogP contribution in [0.4, 0.5) is 0 Å². The highest BCUT2D eigenvalue weighted by Gasteiger charge is 2.01. The summed E-state index contributed by atoms with van der Waals surface area (Å²) in [5.74, 6) is 0.779. The Labute approximate surface area is 77.2 Å². The molecule has 0 rings (SSSR count). The first-order valence-electron chi connectivity index (χ1n) is 3.36. The maximum Gasteiger partial charge on any atom is 0.214 e. The molecule has 0 aliphatic rings. The van der Waals surface area contributed by atoms with E-state index in [1.165, 1.54) is 11.8 Å². The van der Waals surface area contributed by atoms with Gasteiger partial charge in [-0.1, -0.05) is 30.6 Å². The third-order valence-corrected chi connectivity index (χ3v) is 2.26. The number of rotatable bonds is 4. The highest BCUT2D eigenvalue weighted by Crippen LogP contribution is 2.09. The van der Waals surface area contributed by atoms with Crippen molar-refractivity contribution in [3.8, 4) is 0 Å². The van der Waals surface area contributed by atoms with Crippen LogP contribution in [0.3, 0.4) is 0 Å². The van der Waals surface area contributed by atoms with Crippen molar-refractivity contribution in [2.24, 2.45) is 0 Å². The van der Waals surface area contributed by atoms with Crippen molar-refractivity contribution in [2.75, 3.05) is 5.75 Å². The van der Waals surface area contributed by atoms with Crippen molar-refractivity contribution in [1.29, 1.82) is 0 Å². The number of thioether (sulfide) groups is 1. The molecule has 0 spiro atoms. The van der Waals surface area contributed by atoms with Crippen LogP contribution in [0.1, 0.15) is 20.3 Å². The van der Waals surface area contributed by atoms with Gasteiger partial charge in [0.1, 0.15) is 0 Å². The molecular formula is C8H12OS2. The van der Waals surface area contributed by atoms with Crippen molar-refractivity contribution in [2.45, 2.75) is 20.3 Å². The van der Waals surface area contributed by atoms with E-state index in [1.807, 2.05) is 6.92 Å². The van der Waals surface area contributed by atoms with E-state index in [9.17, 15) is 4.79 Å². The molecule has 0 N–H and O–H groups in total. The zero-order valence-corrected chi connectivity index (χ0v) is 8.48. The van der Waals surface area contributed by atoms with Crippen LogP contribution in [0.5, 0.6) is 0 Å². The molecule has 1 nitrogen and oxygen atoms in total. The summed E-state index contributed by atoms with van der Waals surface area (Å²) in [4.78, 5) is 11.9. The summed E-state index contributed by atoms with van der Waals surface area (Å²) < 4.78 is 0. The first-order valence-corrected chi connectivity index (χ1v) is 4.75. The van der Waals surface area contributed by atoms with E-state index in [4.69, 9.17) is 12.2 Å². The Kier molecular flexibility index (Phi) is 5.42. The van der Waals surface area contributed by atoms with Crippen molar-refractivity contribution in [1.82, 2.24) is 0 Å². The average Bonchev–Trinajstić information content (AvgIpc) is 1.86. The third-order valence-electron chi connectivity index (χ3n) is 1.04. The molecule has 0 aliphatic heterocycles. The molecule has 0 saturated carbocycles. The predicted molar refractivity (Wildman–Crippen MR) is 55.2 cm³/mol. The summed E-state index contributed by atoms with van der Waals surface area (Å²) in [5, 5.41) is 0.0706. The Hall–Kier alpha value is -0.150. The van der Waals surface area contributed by atoms with Crippen LogP contribution in [-0.2, 0) is 4.79 Å². The highest BCUT2D eigenvalue weighted by atomic mass is 32.2. The third kappa shape index (κ3) is 6.26. The van der Waals surface area contributed by atoms with E-state index < -0.39 is 0 Å². The summed E-state index contributed by atoms with van der Waals surface area (Å²) in [6.45, 7) is 7.16. The van der Waals surface area contributed by atoms with Gasteiger partial charge in [0.15, 0.2) is 0 Å². The molecule has 0 aromatic heterocycles. The average molecular weight is 188 g/mol. The van der Waals surface area contributed by atoms with Gasteiger partial charge in [-0.2, -0.15) is 0 Å². The normalized spacial score (nSPS) is 9.27.